The molecule has 0 bridgehead atoms. The molecule has 2 aromatic rings. The first-order chi connectivity index (χ1) is 12.8. The number of carbonyl (C=O) groups excluding carboxylic acids is 1. The topological polar surface area (TPSA) is 104 Å². The van der Waals surface area contributed by atoms with Gasteiger partial charge in [-0.3, -0.25) is 4.79 Å². The number of carboxylic acids is 1. The van der Waals surface area contributed by atoms with E-state index >= 15 is 0 Å². The predicted molar refractivity (Wildman–Crippen MR) is 101 cm³/mol. The summed E-state index contributed by atoms with van der Waals surface area (Å²) in [4.78, 5) is 23.2. The second-order valence-electron chi connectivity index (χ2n) is 5.80. The number of carboxylic acid groups (broad SMARTS) is 1. The van der Waals surface area contributed by atoms with Gasteiger partial charge in [0.2, 0.25) is 10.0 Å². The highest BCUT2D eigenvalue weighted by Gasteiger charge is 2.21. The van der Waals surface area contributed by atoms with Crippen LogP contribution in [-0.4, -0.2) is 42.8 Å². The van der Waals surface area contributed by atoms with Gasteiger partial charge >= 0.3 is 5.97 Å². The van der Waals surface area contributed by atoms with Gasteiger partial charge in [0.05, 0.1) is 10.5 Å². The zero-order chi connectivity index (χ0) is 20.0. The summed E-state index contributed by atoms with van der Waals surface area (Å²) in [7, 11) is -3.56. The van der Waals surface area contributed by atoms with E-state index in [4.69, 9.17) is 5.11 Å². The molecular weight excluding hydrogens is 368 g/mol. The Morgan fingerprint density at radius 1 is 0.926 bits per heavy atom. The Morgan fingerprint density at radius 2 is 1.44 bits per heavy atom. The molecule has 1 amide bonds. The Bertz CT molecular complexity index is 902. The summed E-state index contributed by atoms with van der Waals surface area (Å²) in [6.07, 6.45) is 0. The van der Waals surface area contributed by atoms with Crippen molar-refractivity contribution < 1.29 is 23.1 Å². The van der Waals surface area contributed by atoms with Gasteiger partial charge in [-0.15, -0.1) is 0 Å². The summed E-state index contributed by atoms with van der Waals surface area (Å²) in [5.74, 6) is -1.35. The quantitative estimate of drug-likeness (QED) is 0.720. The molecule has 7 nitrogen and oxygen atoms in total. The van der Waals surface area contributed by atoms with E-state index < -0.39 is 16.0 Å². The van der Waals surface area contributed by atoms with Crippen LogP contribution in [-0.2, 0) is 16.6 Å². The molecule has 0 aromatic heterocycles. The third-order valence-corrected chi connectivity index (χ3v) is 6.18. The van der Waals surface area contributed by atoms with Gasteiger partial charge in [0.15, 0.2) is 0 Å². The van der Waals surface area contributed by atoms with Gasteiger partial charge in [0.1, 0.15) is 0 Å². The Hall–Kier alpha value is -2.71. The minimum atomic E-state index is -3.56. The van der Waals surface area contributed by atoms with Crippen LogP contribution in [0.5, 0.6) is 0 Å². The van der Waals surface area contributed by atoms with E-state index in [1.54, 1.807) is 26.0 Å². The third kappa shape index (κ3) is 4.93. The molecule has 0 aliphatic carbocycles. The van der Waals surface area contributed by atoms with Crippen LogP contribution in [0.15, 0.2) is 53.4 Å². The van der Waals surface area contributed by atoms with Crippen LogP contribution in [0.25, 0.3) is 0 Å². The van der Waals surface area contributed by atoms with E-state index in [2.05, 4.69) is 5.32 Å². The van der Waals surface area contributed by atoms with Gasteiger partial charge in [0.25, 0.3) is 5.91 Å². The van der Waals surface area contributed by atoms with Crippen molar-refractivity contribution in [3.8, 4) is 0 Å². The van der Waals surface area contributed by atoms with Crippen LogP contribution in [0.1, 0.15) is 40.1 Å². The molecule has 0 aliphatic heterocycles. The largest absolute Gasteiger partial charge is 0.478 e. The Labute approximate surface area is 158 Å². The molecule has 0 saturated heterocycles. The maximum atomic E-state index is 12.4. The normalized spacial score (nSPS) is 11.4. The van der Waals surface area contributed by atoms with Crippen LogP contribution in [0.2, 0.25) is 0 Å². The monoisotopic (exact) mass is 390 g/mol. The number of rotatable bonds is 8. The molecule has 0 unspecified atom stereocenters. The van der Waals surface area contributed by atoms with Crippen molar-refractivity contribution in [3.05, 3.63) is 65.2 Å². The Kier molecular flexibility index (Phi) is 6.70. The Morgan fingerprint density at radius 3 is 1.93 bits per heavy atom. The van der Waals surface area contributed by atoms with E-state index in [1.807, 2.05) is 0 Å². The molecule has 8 heteroatoms. The Balaban J connectivity index is 2.04. The molecule has 27 heavy (non-hydrogen) atoms. The zero-order valence-electron chi connectivity index (χ0n) is 15.2. The third-order valence-electron chi connectivity index (χ3n) is 4.11. The molecule has 144 valence electrons. The predicted octanol–water partition coefficient (Wildman–Crippen LogP) is 2.35. The summed E-state index contributed by atoms with van der Waals surface area (Å²) in [6, 6.07) is 12.0. The standard InChI is InChI=1S/C19H22N2O5S/c1-3-21(4-2)27(25,26)17-11-9-15(10-12-17)18(22)20-13-14-5-7-16(8-6-14)19(23)24/h5-12H,3-4,13H2,1-2H3,(H,20,22)(H,23,24). The van der Waals surface area contributed by atoms with Gasteiger partial charge in [0, 0.05) is 25.2 Å². The number of hydrogen-bond acceptors (Lipinski definition) is 4. The lowest BCUT2D eigenvalue weighted by Crippen LogP contribution is -2.30. The molecule has 0 saturated carbocycles. The number of nitrogens with one attached hydrogen (secondary N) is 1. The van der Waals surface area contributed by atoms with Gasteiger partial charge in [-0.1, -0.05) is 26.0 Å². The van der Waals surface area contributed by atoms with Gasteiger partial charge < -0.3 is 10.4 Å². The van der Waals surface area contributed by atoms with Crippen LogP contribution in [0.4, 0.5) is 0 Å². The number of sulfonamides is 1. The van der Waals surface area contributed by atoms with Crippen LogP contribution in [0, 0.1) is 0 Å². The first-order valence-electron chi connectivity index (χ1n) is 8.50. The van der Waals surface area contributed by atoms with Gasteiger partial charge in [-0.2, -0.15) is 4.31 Å². The van der Waals surface area contributed by atoms with Crippen molar-refractivity contribution >= 4 is 21.9 Å². The molecule has 0 fully saturated rings. The molecule has 0 heterocycles. The van der Waals surface area contributed by atoms with Crippen molar-refractivity contribution in [2.75, 3.05) is 13.1 Å². The summed E-state index contributed by atoms with van der Waals surface area (Å²) >= 11 is 0. The van der Waals surface area contributed by atoms with Gasteiger partial charge in [-0.25, -0.2) is 13.2 Å². The van der Waals surface area contributed by atoms with Crippen LogP contribution in [0.3, 0.4) is 0 Å². The van der Waals surface area contributed by atoms with Crippen LogP contribution >= 0.6 is 0 Å². The maximum absolute atomic E-state index is 12.4. The van der Waals surface area contributed by atoms with E-state index in [0.29, 0.717) is 18.7 Å². The average Bonchev–Trinajstić information content (AvgIpc) is 2.67. The second kappa shape index (κ2) is 8.79. The number of hydrogen-bond donors (Lipinski definition) is 2. The van der Waals surface area contributed by atoms with Crippen molar-refractivity contribution in [1.82, 2.24) is 9.62 Å². The summed E-state index contributed by atoms with van der Waals surface area (Å²) < 4.78 is 26.2. The summed E-state index contributed by atoms with van der Waals surface area (Å²) in [5, 5.41) is 11.6. The number of amides is 1. The highest BCUT2D eigenvalue weighted by molar-refractivity contribution is 7.89. The molecule has 2 N–H and O–H groups in total. The minimum Gasteiger partial charge on any atom is -0.478 e. The van der Waals surface area contributed by atoms with Crippen molar-refractivity contribution in [1.29, 1.82) is 0 Å². The molecule has 0 atom stereocenters. The lowest BCUT2D eigenvalue weighted by atomic mass is 10.1. The van der Waals surface area contributed by atoms with E-state index in [0.717, 1.165) is 5.56 Å². The fourth-order valence-electron chi connectivity index (χ4n) is 2.54. The number of carbonyl (C=O) groups is 2. The lowest BCUT2D eigenvalue weighted by molar-refractivity contribution is 0.0696. The van der Waals surface area contributed by atoms with Crippen molar-refractivity contribution in [3.63, 3.8) is 0 Å². The minimum absolute atomic E-state index is 0.145. The zero-order valence-corrected chi connectivity index (χ0v) is 16.0. The van der Waals surface area contributed by atoms with Crippen molar-refractivity contribution in [2.24, 2.45) is 0 Å². The SMILES string of the molecule is CCN(CC)S(=O)(=O)c1ccc(C(=O)NCc2ccc(C(=O)O)cc2)cc1. The van der Waals surface area contributed by atoms with E-state index in [1.165, 1.54) is 40.7 Å². The fourth-order valence-corrected chi connectivity index (χ4v) is 4.00. The van der Waals surface area contributed by atoms with Crippen LogP contribution < -0.4 is 5.32 Å². The van der Waals surface area contributed by atoms with E-state index in [9.17, 15) is 18.0 Å². The molecular formula is C19H22N2O5S. The summed E-state index contributed by atoms with van der Waals surface area (Å²) in [5.41, 5.74) is 1.28. The number of benzene rings is 2. The molecule has 0 aliphatic rings. The average molecular weight is 390 g/mol. The first kappa shape index (κ1) is 20.6. The van der Waals surface area contributed by atoms with E-state index in [-0.39, 0.29) is 22.9 Å². The highest BCUT2D eigenvalue weighted by Crippen LogP contribution is 2.16. The van der Waals surface area contributed by atoms with Crippen molar-refractivity contribution in [2.45, 2.75) is 25.3 Å². The fraction of sp³-hybridized carbons (Fsp3) is 0.263. The number of aromatic carboxylic acids is 1. The lowest BCUT2D eigenvalue weighted by Gasteiger charge is -2.18. The highest BCUT2D eigenvalue weighted by atomic mass is 32.2. The first-order valence-corrected chi connectivity index (χ1v) is 9.94. The van der Waals surface area contributed by atoms with Gasteiger partial charge in [-0.05, 0) is 42.0 Å². The molecule has 0 spiro atoms. The second-order valence-corrected chi connectivity index (χ2v) is 7.74. The molecule has 2 rings (SSSR count). The summed E-state index contributed by atoms with van der Waals surface area (Å²) in [6.45, 7) is 4.53. The smallest absolute Gasteiger partial charge is 0.335 e. The molecule has 2 aromatic carbocycles. The number of nitrogens with zero attached hydrogens (tertiary/aromatic N) is 1. The molecule has 0 radical (unpaired) electrons. The maximum Gasteiger partial charge on any atom is 0.335 e.